The molecule has 0 aromatic carbocycles. The zero-order valence-corrected chi connectivity index (χ0v) is 11.5. The Kier molecular flexibility index (Phi) is 4.22. The van der Waals surface area contributed by atoms with Crippen LogP contribution in [-0.4, -0.2) is 31.1 Å². The standard InChI is InChI=1S/C11H12BrNO4/c1-5-6(2)13-9(12)8(11(15)17-4)7(5)10(14)16-3/h1-4H3. The summed E-state index contributed by atoms with van der Waals surface area (Å²) in [6.07, 6.45) is 0. The predicted octanol–water partition coefficient (Wildman–Crippen LogP) is 2.03. The molecular weight excluding hydrogens is 290 g/mol. The molecule has 0 N–H and O–H groups in total. The van der Waals surface area contributed by atoms with Crippen molar-refractivity contribution in [2.75, 3.05) is 14.2 Å². The number of nitrogens with zero attached hydrogens (tertiary/aromatic N) is 1. The molecule has 1 rings (SSSR count). The topological polar surface area (TPSA) is 65.5 Å². The third kappa shape index (κ3) is 2.46. The lowest BCUT2D eigenvalue weighted by Gasteiger charge is -2.12. The average molecular weight is 302 g/mol. The minimum absolute atomic E-state index is 0.0856. The van der Waals surface area contributed by atoms with E-state index in [-0.39, 0.29) is 15.7 Å². The first-order valence-electron chi connectivity index (χ1n) is 4.77. The number of halogens is 1. The van der Waals surface area contributed by atoms with Crippen molar-refractivity contribution < 1.29 is 19.1 Å². The maximum atomic E-state index is 11.7. The van der Waals surface area contributed by atoms with Crippen molar-refractivity contribution in [1.29, 1.82) is 0 Å². The van der Waals surface area contributed by atoms with Crippen molar-refractivity contribution in [2.24, 2.45) is 0 Å². The summed E-state index contributed by atoms with van der Waals surface area (Å²) in [7, 11) is 2.50. The summed E-state index contributed by atoms with van der Waals surface area (Å²) in [4.78, 5) is 27.5. The normalized spacial score (nSPS) is 9.94. The Morgan fingerprint density at radius 2 is 1.53 bits per heavy atom. The lowest BCUT2D eigenvalue weighted by atomic mass is 10.0. The Balaban J connectivity index is 3.61. The van der Waals surface area contributed by atoms with E-state index >= 15 is 0 Å². The van der Waals surface area contributed by atoms with Gasteiger partial charge in [-0.3, -0.25) is 0 Å². The van der Waals surface area contributed by atoms with E-state index < -0.39 is 11.9 Å². The Morgan fingerprint density at radius 3 is 2.00 bits per heavy atom. The third-order valence-electron chi connectivity index (χ3n) is 2.42. The highest BCUT2D eigenvalue weighted by Gasteiger charge is 2.26. The zero-order chi connectivity index (χ0) is 13.2. The second-order valence-corrected chi connectivity index (χ2v) is 4.10. The van der Waals surface area contributed by atoms with Gasteiger partial charge in [-0.25, -0.2) is 14.6 Å². The molecule has 1 aromatic heterocycles. The van der Waals surface area contributed by atoms with Gasteiger partial charge in [-0.2, -0.15) is 0 Å². The van der Waals surface area contributed by atoms with Crippen LogP contribution in [0.2, 0.25) is 0 Å². The van der Waals surface area contributed by atoms with E-state index in [4.69, 9.17) is 0 Å². The molecule has 0 spiro atoms. The van der Waals surface area contributed by atoms with Crippen LogP contribution in [0.15, 0.2) is 4.60 Å². The van der Waals surface area contributed by atoms with Crippen LogP contribution in [0.25, 0.3) is 0 Å². The fourth-order valence-corrected chi connectivity index (χ4v) is 2.03. The molecule has 0 aliphatic heterocycles. The number of pyridine rings is 1. The van der Waals surface area contributed by atoms with Crippen molar-refractivity contribution >= 4 is 27.9 Å². The molecule has 0 bridgehead atoms. The van der Waals surface area contributed by atoms with Gasteiger partial charge in [-0.1, -0.05) is 0 Å². The molecule has 0 aliphatic rings. The van der Waals surface area contributed by atoms with Gasteiger partial charge in [-0.15, -0.1) is 0 Å². The largest absolute Gasteiger partial charge is 0.465 e. The summed E-state index contributed by atoms with van der Waals surface area (Å²) in [5, 5.41) is 0. The number of ether oxygens (including phenoxy) is 2. The first kappa shape index (κ1) is 13.6. The third-order valence-corrected chi connectivity index (χ3v) is 2.99. The van der Waals surface area contributed by atoms with E-state index in [1.165, 1.54) is 14.2 Å². The van der Waals surface area contributed by atoms with Gasteiger partial charge in [0.2, 0.25) is 0 Å². The van der Waals surface area contributed by atoms with Crippen LogP contribution >= 0.6 is 15.9 Å². The molecular formula is C11H12BrNO4. The van der Waals surface area contributed by atoms with Gasteiger partial charge in [0.1, 0.15) is 10.2 Å². The molecule has 0 atom stereocenters. The first-order chi connectivity index (χ1) is 7.93. The highest BCUT2D eigenvalue weighted by atomic mass is 79.9. The van der Waals surface area contributed by atoms with Crippen LogP contribution in [0.4, 0.5) is 0 Å². The summed E-state index contributed by atoms with van der Waals surface area (Å²) in [6.45, 7) is 3.45. The molecule has 0 radical (unpaired) electrons. The number of esters is 2. The maximum Gasteiger partial charge on any atom is 0.341 e. The first-order valence-corrected chi connectivity index (χ1v) is 5.56. The molecule has 92 valence electrons. The second-order valence-electron chi connectivity index (χ2n) is 3.35. The van der Waals surface area contributed by atoms with Crippen molar-refractivity contribution in [2.45, 2.75) is 13.8 Å². The van der Waals surface area contributed by atoms with Crippen LogP contribution in [0.5, 0.6) is 0 Å². The van der Waals surface area contributed by atoms with Crippen molar-refractivity contribution in [3.63, 3.8) is 0 Å². The van der Waals surface area contributed by atoms with Crippen LogP contribution in [0, 0.1) is 13.8 Å². The molecule has 6 heteroatoms. The van der Waals surface area contributed by atoms with E-state index in [1.807, 2.05) is 0 Å². The SMILES string of the molecule is COC(=O)c1c(Br)nc(C)c(C)c1C(=O)OC. The Morgan fingerprint density at radius 1 is 1.06 bits per heavy atom. The number of hydrogen-bond donors (Lipinski definition) is 0. The summed E-state index contributed by atoms with van der Waals surface area (Å²) >= 11 is 3.15. The Bertz CT molecular complexity index is 485. The molecule has 0 saturated heterocycles. The van der Waals surface area contributed by atoms with E-state index in [1.54, 1.807) is 13.8 Å². The van der Waals surface area contributed by atoms with Crippen molar-refractivity contribution in [3.8, 4) is 0 Å². The predicted molar refractivity (Wildman–Crippen MR) is 64.1 cm³/mol. The number of carbonyl (C=O) groups is 2. The zero-order valence-electron chi connectivity index (χ0n) is 9.96. The lowest BCUT2D eigenvalue weighted by Crippen LogP contribution is -2.16. The van der Waals surface area contributed by atoms with E-state index in [0.29, 0.717) is 11.3 Å². The minimum atomic E-state index is -0.632. The summed E-state index contributed by atoms with van der Waals surface area (Å²) in [5.41, 5.74) is 1.51. The van der Waals surface area contributed by atoms with Gasteiger partial charge >= 0.3 is 11.9 Å². The van der Waals surface area contributed by atoms with Gasteiger partial charge in [-0.05, 0) is 35.3 Å². The maximum absolute atomic E-state index is 11.7. The highest BCUT2D eigenvalue weighted by Crippen LogP contribution is 2.25. The number of aromatic nitrogens is 1. The molecule has 1 aromatic rings. The van der Waals surface area contributed by atoms with Gasteiger partial charge < -0.3 is 9.47 Å². The van der Waals surface area contributed by atoms with E-state index in [0.717, 1.165) is 0 Å². The van der Waals surface area contributed by atoms with Gasteiger partial charge in [0, 0.05) is 5.69 Å². The van der Waals surface area contributed by atoms with Crippen molar-refractivity contribution in [1.82, 2.24) is 4.98 Å². The van der Waals surface area contributed by atoms with Crippen LogP contribution < -0.4 is 0 Å². The lowest BCUT2D eigenvalue weighted by molar-refractivity contribution is 0.0552. The molecule has 0 aliphatic carbocycles. The van der Waals surface area contributed by atoms with Crippen molar-refractivity contribution in [3.05, 3.63) is 27.0 Å². The molecule has 0 amide bonds. The number of rotatable bonds is 2. The van der Waals surface area contributed by atoms with E-state index in [2.05, 4.69) is 30.4 Å². The van der Waals surface area contributed by atoms with Crippen LogP contribution in [0.1, 0.15) is 32.0 Å². The molecule has 17 heavy (non-hydrogen) atoms. The Hall–Kier alpha value is -1.43. The monoisotopic (exact) mass is 301 g/mol. The average Bonchev–Trinajstić information content (AvgIpc) is 2.31. The fourth-order valence-electron chi connectivity index (χ4n) is 1.40. The molecule has 0 fully saturated rings. The second kappa shape index (κ2) is 5.27. The fraction of sp³-hybridized carbons (Fsp3) is 0.364. The number of methoxy groups -OCH3 is 2. The molecule has 0 saturated carbocycles. The summed E-state index contributed by atoms with van der Waals surface area (Å²) in [5.74, 6) is -1.22. The molecule has 1 heterocycles. The van der Waals surface area contributed by atoms with Crippen LogP contribution in [0.3, 0.4) is 0 Å². The van der Waals surface area contributed by atoms with E-state index in [9.17, 15) is 9.59 Å². The Labute approximate surface area is 107 Å². The number of hydrogen-bond acceptors (Lipinski definition) is 5. The van der Waals surface area contributed by atoms with Gasteiger partial charge in [0.05, 0.1) is 19.8 Å². The summed E-state index contributed by atoms with van der Waals surface area (Å²) in [6, 6.07) is 0. The quantitative estimate of drug-likeness (QED) is 0.618. The minimum Gasteiger partial charge on any atom is -0.465 e. The van der Waals surface area contributed by atoms with Gasteiger partial charge in [0.25, 0.3) is 0 Å². The summed E-state index contributed by atoms with van der Waals surface area (Å²) < 4.78 is 9.57. The molecule has 0 unspecified atom stereocenters. The van der Waals surface area contributed by atoms with Gasteiger partial charge in [0.15, 0.2) is 0 Å². The molecule has 5 nitrogen and oxygen atoms in total. The van der Waals surface area contributed by atoms with Crippen LogP contribution in [-0.2, 0) is 9.47 Å². The smallest absolute Gasteiger partial charge is 0.341 e. The number of carbonyl (C=O) groups excluding carboxylic acids is 2. The number of aryl methyl sites for hydroxylation is 1. The highest BCUT2D eigenvalue weighted by molar-refractivity contribution is 9.10.